The Morgan fingerprint density at radius 1 is 1.38 bits per heavy atom. The molecule has 0 fully saturated rings. The van der Waals surface area contributed by atoms with Crippen LogP contribution < -0.4 is 5.32 Å². The van der Waals surface area contributed by atoms with Gasteiger partial charge in [-0.05, 0) is 44.6 Å². The summed E-state index contributed by atoms with van der Waals surface area (Å²) in [6.07, 6.45) is 5.42. The quantitative estimate of drug-likeness (QED) is 0.495. The number of aromatic nitrogens is 1. The summed E-state index contributed by atoms with van der Waals surface area (Å²) in [6.45, 7) is 6.94. The van der Waals surface area contributed by atoms with E-state index in [9.17, 15) is 4.79 Å². The lowest BCUT2D eigenvalue weighted by Gasteiger charge is -2.15. The van der Waals surface area contributed by atoms with Crippen molar-refractivity contribution in [2.24, 2.45) is 5.16 Å². The van der Waals surface area contributed by atoms with Gasteiger partial charge in [0.25, 0.3) is 0 Å². The SMILES string of the molecule is CCCCNC(=O)ON=C1CCCc2[nH]c(C)c(CC)c21. The van der Waals surface area contributed by atoms with Crippen molar-refractivity contribution >= 4 is 11.8 Å². The number of fused-ring (bicyclic) bond motifs is 1. The number of unbranched alkanes of at least 4 members (excludes halogenated alkanes) is 1. The third-order valence-electron chi connectivity index (χ3n) is 3.92. The van der Waals surface area contributed by atoms with E-state index in [1.807, 2.05) is 0 Å². The molecule has 0 aromatic carbocycles. The van der Waals surface area contributed by atoms with Gasteiger partial charge < -0.3 is 10.3 Å². The first-order valence-electron chi connectivity index (χ1n) is 7.89. The molecule has 21 heavy (non-hydrogen) atoms. The fraction of sp³-hybridized carbons (Fsp3) is 0.625. The van der Waals surface area contributed by atoms with Gasteiger partial charge in [-0.25, -0.2) is 4.79 Å². The second-order valence-corrected chi connectivity index (χ2v) is 5.49. The van der Waals surface area contributed by atoms with Crippen molar-refractivity contribution in [3.63, 3.8) is 0 Å². The molecule has 2 rings (SSSR count). The number of amides is 1. The minimum Gasteiger partial charge on any atom is -0.362 e. The highest BCUT2D eigenvalue weighted by Crippen LogP contribution is 2.27. The topological polar surface area (TPSA) is 66.5 Å². The number of aryl methyl sites for hydroxylation is 2. The van der Waals surface area contributed by atoms with E-state index in [0.29, 0.717) is 6.54 Å². The average molecular weight is 291 g/mol. The van der Waals surface area contributed by atoms with Gasteiger partial charge in [0.1, 0.15) is 0 Å². The second-order valence-electron chi connectivity index (χ2n) is 5.49. The fourth-order valence-electron chi connectivity index (χ4n) is 2.86. The van der Waals surface area contributed by atoms with Crippen molar-refractivity contribution in [1.82, 2.24) is 10.3 Å². The highest BCUT2D eigenvalue weighted by Gasteiger charge is 2.23. The molecule has 0 saturated carbocycles. The molecular formula is C16H25N3O2. The number of nitrogens with zero attached hydrogens (tertiary/aromatic N) is 1. The second kappa shape index (κ2) is 7.29. The van der Waals surface area contributed by atoms with E-state index < -0.39 is 6.09 Å². The van der Waals surface area contributed by atoms with Crippen LogP contribution in [-0.4, -0.2) is 23.3 Å². The Kier molecular flexibility index (Phi) is 5.42. The lowest BCUT2D eigenvalue weighted by molar-refractivity contribution is 0.150. The number of hydrogen-bond donors (Lipinski definition) is 2. The molecule has 5 nitrogen and oxygen atoms in total. The number of nitrogens with one attached hydrogen (secondary N) is 2. The molecule has 1 aromatic heterocycles. The van der Waals surface area contributed by atoms with Crippen LogP contribution in [0.3, 0.4) is 0 Å². The maximum absolute atomic E-state index is 11.6. The Morgan fingerprint density at radius 2 is 2.19 bits per heavy atom. The molecule has 1 aliphatic rings. The number of aromatic amines is 1. The van der Waals surface area contributed by atoms with Gasteiger partial charge in [-0.2, -0.15) is 0 Å². The Hall–Kier alpha value is -1.78. The first-order valence-corrected chi connectivity index (χ1v) is 7.89. The molecule has 1 heterocycles. The molecular weight excluding hydrogens is 266 g/mol. The molecule has 0 aliphatic heterocycles. The number of carbonyl (C=O) groups excluding carboxylic acids is 1. The van der Waals surface area contributed by atoms with E-state index in [0.717, 1.165) is 44.2 Å². The van der Waals surface area contributed by atoms with Crippen LogP contribution in [0.2, 0.25) is 0 Å². The Bertz CT molecular complexity index is 532. The molecule has 5 heteroatoms. The molecule has 0 unspecified atom stereocenters. The van der Waals surface area contributed by atoms with E-state index in [1.165, 1.54) is 22.5 Å². The number of rotatable bonds is 5. The van der Waals surface area contributed by atoms with Gasteiger partial charge >= 0.3 is 6.09 Å². The van der Waals surface area contributed by atoms with Gasteiger partial charge in [-0.3, -0.25) is 4.84 Å². The predicted molar refractivity (Wildman–Crippen MR) is 83.8 cm³/mol. The largest absolute Gasteiger partial charge is 0.433 e. The molecule has 1 aliphatic carbocycles. The molecule has 1 amide bonds. The van der Waals surface area contributed by atoms with E-state index in [4.69, 9.17) is 4.84 Å². The molecule has 0 atom stereocenters. The van der Waals surface area contributed by atoms with Gasteiger partial charge in [0.15, 0.2) is 0 Å². The third-order valence-corrected chi connectivity index (χ3v) is 3.92. The fourth-order valence-corrected chi connectivity index (χ4v) is 2.86. The average Bonchev–Trinajstić information content (AvgIpc) is 2.81. The summed E-state index contributed by atoms with van der Waals surface area (Å²) in [5.41, 5.74) is 5.78. The van der Waals surface area contributed by atoms with Crippen molar-refractivity contribution in [2.45, 2.75) is 59.3 Å². The predicted octanol–water partition coefficient (Wildman–Crippen LogP) is 3.45. The summed E-state index contributed by atoms with van der Waals surface area (Å²) in [5, 5.41) is 6.81. The van der Waals surface area contributed by atoms with Crippen LogP contribution >= 0.6 is 0 Å². The number of H-pyrrole nitrogens is 1. The molecule has 0 bridgehead atoms. The summed E-state index contributed by atoms with van der Waals surface area (Å²) in [7, 11) is 0. The van der Waals surface area contributed by atoms with Gasteiger partial charge in [0, 0.05) is 23.5 Å². The summed E-state index contributed by atoms with van der Waals surface area (Å²) < 4.78 is 0. The van der Waals surface area contributed by atoms with Gasteiger partial charge in [-0.1, -0.05) is 25.4 Å². The first kappa shape index (κ1) is 15.6. The zero-order valence-corrected chi connectivity index (χ0v) is 13.2. The van der Waals surface area contributed by atoms with Crippen molar-refractivity contribution in [1.29, 1.82) is 0 Å². The Balaban J connectivity index is 2.08. The highest BCUT2D eigenvalue weighted by molar-refractivity contribution is 6.04. The van der Waals surface area contributed by atoms with Crippen molar-refractivity contribution < 1.29 is 9.63 Å². The summed E-state index contributed by atoms with van der Waals surface area (Å²) in [4.78, 5) is 20.0. The van der Waals surface area contributed by atoms with Crippen molar-refractivity contribution in [3.8, 4) is 0 Å². The zero-order valence-electron chi connectivity index (χ0n) is 13.2. The maximum atomic E-state index is 11.6. The van der Waals surface area contributed by atoms with Crippen molar-refractivity contribution in [3.05, 3.63) is 22.5 Å². The maximum Gasteiger partial charge on any atom is 0.433 e. The third kappa shape index (κ3) is 3.65. The molecule has 2 N–H and O–H groups in total. The van der Waals surface area contributed by atoms with Crippen LogP contribution in [0.4, 0.5) is 4.79 Å². The molecule has 0 saturated heterocycles. The van der Waals surface area contributed by atoms with Crippen LogP contribution in [0, 0.1) is 6.92 Å². The van der Waals surface area contributed by atoms with Gasteiger partial charge in [0.05, 0.1) is 5.71 Å². The van der Waals surface area contributed by atoms with Crippen molar-refractivity contribution in [2.75, 3.05) is 6.54 Å². The van der Waals surface area contributed by atoms with E-state index >= 15 is 0 Å². The zero-order chi connectivity index (χ0) is 15.2. The van der Waals surface area contributed by atoms with E-state index in [-0.39, 0.29) is 0 Å². The summed E-state index contributed by atoms with van der Waals surface area (Å²) in [6, 6.07) is 0. The Morgan fingerprint density at radius 3 is 2.90 bits per heavy atom. The minimum atomic E-state index is -0.464. The molecule has 0 spiro atoms. The number of hydrogen-bond acceptors (Lipinski definition) is 3. The van der Waals surface area contributed by atoms with Crippen LogP contribution in [-0.2, 0) is 17.7 Å². The highest BCUT2D eigenvalue weighted by atomic mass is 16.7. The summed E-state index contributed by atoms with van der Waals surface area (Å²) >= 11 is 0. The van der Waals surface area contributed by atoms with Gasteiger partial charge in [0.2, 0.25) is 0 Å². The van der Waals surface area contributed by atoms with Crippen LogP contribution in [0.1, 0.15) is 62.0 Å². The smallest absolute Gasteiger partial charge is 0.362 e. The lowest BCUT2D eigenvalue weighted by atomic mass is 9.92. The Labute approximate surface area is 126 Å². The first-order chi connectivity index (χ1) is 10.2. The summed E-state index contributed by atoms with van der Waals surface area (Å²) in [5.74, 6) is 0. The van der Waals surface area contributed by atoms with Crippen LogP contribution in [0.15, 0.2) is 5.16 Å². The molecule has 1 aromatic rings. The molecule has 0 radical (unpaired) electrons. The van der Waals surface area contributed by atoms with E-state index in [2.05, 4.69) is 36.2 Å². The van der Waals surface area contributed by atoms with Crippen LogP contribution in [0.25, 0.3) is 0 Å². The number of oxime groups is 1. The van der Waals surface area contributed by atoms with Gasteiger partial charge in [-0.15, -0.1) is 0 Å². The van der Waals surface area contributed by atoms with E-state index in [1.54, 1.807) is 0 Å². The molecule has 116 valence electrons. The normalized spacial score (nSPS) is 15.9. The monoisotopic (exact) mass is 291 g/mol. The number of carbonyl (C=O) groups is 1. The van der Waals surface area contributed by atoms with Crippen LogP contribution in [0.5, 0.6) is 0 Å². The minimum absolute atomic E-state index is 0.464. The lowest BCUT2D eigenvalue weighted by Crippen LogP contribution is -2.24. The standard InChI is InChI=1S/C16H25N3O2/c1-4-6-10-17-16(20)21-19-14-9-7-8-13-15(14)12(5-2)11(3)18-13/h18H,4-10H2,1-3H3,(H,17,20).